The lowest BCUT2D eigenvalue weighted by atomic mass is 9.94. The molecule has 2 heterocycles. The molecule has 0 radical (unpaired) electrons. The second kappa shape index (κ2) is 12.3. The predicted octanol–water partition coefficient (Wildman–Crippen LogP) is 4.51. The van der Waals surface area contributed by atoms with Crippen LogP contribution in [-0.4, -0.2) is 53.8 Å². The molecule has 1 amide bonds. The summed E-state index contributed by atoms with van der Waals surface area (Å²) in [5.41, 5.74) is 3.46. The van der Waals surface area contributed by atoms with E-state index >= 15 is 0 Å². The molecule has 41 heavy (non-hydrogen) atoms. The highest BCUT2D eigenvalue weighted by atomic mass is 16.7. The number of fused-ring (bicyclic) bond motifs is 1. The molecule has 1 saturated heterocycles. The molecular formula is C30H31NO10. The van der Waals surface area contributed by atoms with Crippen molar-refractivity contribution in [2.45, 2.75) is 25.2 Å². The lowest BCUT2D eigenvalue weighted by Crippen LogP contribution is -2.26. The molecule has 1 N–H and O–H groups in total. The Morgan fingerprint density at radius 1 is 0.878 bits per heavy atom. The molecule has 2 aliphatic heterocycles. The van der Waals surface area contributed by atoms with Gasteiger partial charge in [-0.1, -0.05) is 18.2 Å². The van der Waals surface area contributed by atoms with Gasteiger partial charge in [-0.05, 0) is 53.4 Å². The average molecular weight is 566 g/mol. The maximum atomic E-state index is 12.7. The molecule has 0 unspecified atom stereocenters. The molecule has 3 aromatic carbocycles. The molecule has 3 aromatic rings. The minimum absolute atomic E-state index is 0.116. The summed E-state index contributed by atoms with van der Waals surface area (Å²) in [5.74, 6) is 2.06. The molecular weight excluding hydrogens is 534 g/mol. The number of carbonyl (C=O) groups excluding carboxylic acids is 2. The first kappa shape index (κ1) is 27.9. The van der Waals surface area contributed by atoms with Crippen molar-refractivity contribution in [3.8, 4) is 28.7 Å². The van der Waals surface area contributed by atoms with Gasteiger partial charge < -0.3 is 43.2 Å². The number of hydrogen-bond donors (Lipinski definition) is 1. The van der Waals surface area contributed by atoms with E-state index in [1.165, 1.54) is 21.3 Å². The Morgan fingerprint density at radius 3 is 2.29 bits per heavy atom. The number of esters is 1. The quantitative estimate of drug-likeness (QED) is 0.262. The summed E-state index contributed by atoms with van der Waals surface area (Å²) < 4.78 is 43.7. The molecule has 0 saturated carbocycles. The number of benzene rings is 3. The molecule has 5 rings (SSSR count). The van der Waals surface area contributed by atoms with Crippen LogP contribution in [0.4, 0.5) is 4.79 Å². The number of rotatable bonds is 11. The SMILES string of the molecule is COC(=O)c1c([C@H]2O[C@@H]2c2cc3c(cc2CCNC(=O)OCc2ccc(OC)cc2)OCO3)ccc(OC)c1OC. The van der Waals surface area contributed by atoms with E-state index in [0.29, 0.717) is 35.8 Å². The number of epoxide rings is 1. The molecule has 2 atom stereocenters. The van der Waals surface area contributed by atoms with Gasteiger partial charge in [-0.15, -0.1) is 0 Å². The fourth-order valence-corrected chi connectivity index (χ4v) is 4.78. The third-order valence-electron chi connectivity index (χ3n) is 6.90. The van der Waals surface area contributed by atoms with Gasteiger partial charge in [-0.25, -0.2) is 9.59 Å². The maximum Gasteiger partial charge on any atom is 0.407 e. The summed E-state index contributed by atoms with van der Waals surface area (Å²) in [4.78, 5) is 25.1. The topological polar surface area (TPSA) is 123 Å². The summed E-state index contributed by atoms with van der Waals surface area (Å²) in [7, 11) is 5.86. The Labute approximate surface area is 237 Å². The van der Waals surface area contributed by atoms with Crippen molar-refractivity contribution in [3.63, 3.8) is 0 Å². The van der Waals surface area contributed by atoms with E-state index in [1.54, 1.807) is 31.4 Å². The summed E-state index contributed by atoms with van der Waals surface area (Å²) in [6, 6.07) is 14.5. The molecule has 216 valence electrons. The third-order valence-corrected chi connectivity index (χ3v) is 6.90. The highest BCUT2D eigenvalue weighted by molar-refractivity contribution is 5.95. The van der Waals surface area contributed by atoms with Gasteiger partial charge in [-0.2, -0.15) is 0 Å². The van der Waals surface area contributed by atoms with Crippen LogP contribution in [0.5, 0.6) is 28.7 Å². The molecule has 2 aliphatic rings. The number of nitrogens with one attached hydrogen (secondary N) is 1. The zero-order valence-electron chi connectivity index (χ0n) is 23.2. The second-order valence-electron chi connectivity index (χ2n) is 9.24. The monoisotopic (exact) mass is 565 g/mol. The van der Waals surface area contributed by atoms with E-state index in [1.807, 2.05) is 24.3 Å². The van der Waals surface area contributed by atoms with E-state index in [0.717, 1.165) is 22.4 Å². The average Bonchev–Trinajstić information content (AvgIpc) is 3.67. The summed E-state index contributed by atoms with van der Waals surface area (Å²) in [6.45, 7) is 0.567. The number of methoxy groups -OCH3 is 4. The Hall–Kier alpha value is -4.64. The standard InChI is InChI=1S/C30H31NO10/c1-34-19-7-5-17(6-8-19)15-38-30(33)31-12-11-18-13-23-24(40-16-39-23)14-21(18)27-26(41-27)20-9-10-22(35-2)28(36-3)25(20)29(32)37-4/h5-10,13-14,26-27H,11-12,15-16H2,1-4H3,(H,31,33)/t26-,27-/m1/s1. The van der Waals surface area contributed by atoms with Gasteiger partial charge in [0.25, 0.3) is 0 Å². The lowest BCUT2D eigenvalue weighted by Gasteiger charge is -2.15. The van der Waals surface area contributed by atoms with Crippen LogP contribution in [0, 0.1) is 0 Å². The van der Waals surface area contributed by atoms with Crippen LogP contribution in [0.25, 0.3) is 0 Å². The van der Waals surface area contributed by atoms with Crippen LogP contribution in [0.15, 0.2) is 48.5 Å². The van der Waals surface area contributed by atoms with Crippen LogP contribution < -0.4 is 29.0 Å². The molecule has 11 heteroatoms. The number of alkyl carbamates (subject to hydrolysis) is 1. The first-order valence-electron chi connectivity index (χ1n) is 12.9. The number of hydrogen-bond acceptors (Lipinski definition) is 10. The number of amides is 1. The minimum Gasteiger partial charge on any atom is -0.497 e. The minimum atomic E-state index is -0.562. The van der Waals surface area contributed by atoms with Crippen LogP contribution in [-0.2, 0) is 27.2 Å². The van der Waals surface area contributed by atoms with Crippen LogP contribution in [0.2, 0.25) is 0 Å². The van der Waals surface area contributed by atoms with Crippen molar-refractivity contribution in [3.05, 3.63) is 76.3 Å². The van der Waals surface area contributed by atoms with E-state index in [-0.39, 0.29) is 30.8 Å². The van der Waals surface area contributed by atoms with Crippen molar-refractivity contribution >= 4 is 12.1 Å². The molecule has 0 aromatic heterocycles. The summed E-state index contributed by atoms with van der Waals surface area (Å²) >= 11 is 0. The van der Waals surface area contributed by atoms with Crippen molar-refractivity contribution in [1.29, 1.82) is 0 Å². The zero-order chi connectivity index (χ0) is 28.9. The fraction of sp³-hybridized carbons (Fsp3) is 0.333. The van der Waals surface area contributed by atoms with Gasteiger partial charge in [0.05, 0.1) is 28.4 Å². The summed E-state index contributed by atoms with van der Waals surface area (Å²) in [5, 5.41) is 2.79. The van der Waals surface area contributed by atoms with Crippen LogP contribution in [0.1, 0.15) is 44.8 Å². The van der Waals surface area contributed by atoms with Crippen molar-refractivity contribution in [1.82, 2.24) is 5.32 Å². The Bertz CT molecular complexity index is 1420. The highest BCUT2D eigenvalue weighted by Gasteiger charge is 2.46. The van der Waals surface area contributed by atoms with Crippen molar-refractivity contribution in [2.24, 2.45) is 0 Å². The van der Waals surface area contributed by atoms with Gasteiger partial charge in [0.2, 0.25) is 6.79 Å². The second-order valence-corrected chi connectivity index (χ2v) is 9.24. The molecule has 11 nitrogen and oxygen atoms in total. The van der Waals surface area contributed by atoms with Gasteiger partial charge in [-0.3, -0.25) is 0 Å². The van der Waals surface area contributed by atoms with Gasteiger partial charge in [0.15, 0.2) is 23.0 Å². The smallest absolute Gasteiger partial charge is 0.407 e. The van der Waals surface area contributed by atoms with E-state index in [9.17, 15) is 9.59 Å². The molecule has 0 spiro atoms. The van der Waals surface area contributed by atoms with Crippen molar-refractivity contribution in [2.75, 3.05) is 41.8 Å². The highest BCUT2D eigenvalue weighted by Crippen LogP contribution is 2.56. The fourth-order valence-electron chi connectivity index (χ4n) is 4.78. The zero-order valence-corrected chi connectivity index (χ0v) is 23.2. The van der Waals surface area contributed by atoms with E-state index in [4.69, 9.17) is 37.9 Å². The van der Waals surface area contributed by atoms with E-state index < -0.39 is 18.2 Å². The Morgan fingerprint density at radius 2 is 1.61 bits per heavy atom. The van der Waals surface area contributed by atoms with Gasteiger partial charge >= 0.3 is 12.1 Å². The third kappa shape index (κ3) is 5.94. The van der Waals surface area contributed by atoms with Gasteiger partial charge in [0, 0.05) is 12.1 Å². The predicted molar refractivity (Wildman–Crippen MR) is 145 cm³/mol. The largest absolute Gasteiger partial charge is 0.497 e. The molecule has 0 aliphatic carbocycles. The first-order chi connectivity index (χ1) is 20.0. The maximum absolute atomic E-state index is 12.7. The van der Waals surface area contributed by atoms with Crippen LogP contribution in [0.3, 0.4) is 0 Å². The lowest BCUT2D eigenvalue weighted by molar-refractivity contribution is 0.0594. The van der Waals surface area contributed by atoms with Crippen molar-refractivity contribution < 1.29 is 47.5 Å². The molecule has 1 fully saturated rings. The summed E-state index contributed by atoms with van der Waals surface area (Å²) in [6.07, 6.45) is -0.864. The Balaban J connectivity index is 1.29. The number of ether oxygens (including phenoxy) is 8. The normalized spacial score (nSPS) is 16.5. The molecule has 0 bridgehead atoms. The van der Waals surface area contributed by atoms with Gasteiger partial charge in [0.1, 0.15) is 30.1 Å². The van der Waals surface area contributed by atoms with Crippen LogP contribution >= 0.6 is 0 Å². The Kier molecular flexibility index (Phi) is 8.34. The number of carbonyl (C=O) groups is 2. The first-order valence-corrected chi connectivity index (χ1v) is 12.9. The van der Waals surface area contributed by atoms with E-state index in [2.05, 4.69) is 5.32 Å².